The van der Waals surface area contributed by atoms with Gasteiger partial charge < -0.3 is 24.4 Å². The number of β-amino-alcohol motifs (C(OH)–C–C–N with tert-alkyl or cyclic N) is 1. The Morgan fingerprint density at radius 1 is 0.448 bits per heavy atom. The van der Waals surface area contributed by atoms with E-state index in [0.29, 0.717) is 25.7 Å². The highest BCUT2D eigenvalue weighted by Gasteiger charge is 2.68. The van der Waals surface area contributed by atoms with Crippen molar-refractivity contribution in [2.45, 2.75) is 273 Å². The zero-order valence-corrected chi connectivity index (χ0v) is 39.2. The van der Waals surface area contributed by atoms with Gasteiger partial charge >= 0.3 is 0 Å². The van der Waals surface area contributed by atoms with E-state index < -0.39 is 28.8 Å². The molecule has 4 saturated heterocycles. The van der Waals surface area contributed by atoms with Gasteiger partial charge in [0.15, 0.2) is 11.2 Å². The molecule has 6 rings (SSSR count). The standard InChI is InChI=1S/C49H88N4O5/c1-42(2)35-46(36-43(3,4)50(42)9)40(55)52(48(57-46)29-25-21-17-13-11-14-18-22-26-30-48)33-39(54)34-53-41(56)47(37-44(5,6)51(10)45(7,8)38-47)58-49(53)31-27-23-19-15-12-16-20-24-28-32-49/h39,54H,11-38H2,1-10H3. The summed E-state index contributed by atoms with van der Waals surface area (Å²) in [5, 5.41) is 12.6. The number of hydrogen-bond acceptors (Lipinski definition) is 7. The lowest BCUT2D eigenvalue weighted by molar-refractivity contribution is -0.201. The third-order valence-corrected chi connectivity index (χ3v) is 16.6. The molecule has 334 valence electrons. The van der Waals surface area contributed by atoms with Crippen LogP contribution in [0.4, 0.5) is 0 Å². The SMILES string of the molecule is CN1C(C)(C)CC2(CC1(C)C)OC1(CCCCCCCCCCC1)N(CC(O)CN1C(=O)C3(CC(C)(C)N(C)C(C)(C)C3)OC13CCCCCCCCCCC3)C2=O. The average Bonchev–Trinajstić information content (AvgIpc) is 3.44. The van der Waals surface area contributed by atoms with Gasteiger partial charge in [0.1, 0.15) is 11.4 Å². The molecule has 9 heteroatoms. The second kappa shape index (κ2) is 17.5. The zero-order chi connectivity index (χ0) is 42.3. The van der Waals surface area contributed by atoms with Gasteiger partial charge in [0.05, 0.1) is 19.2 Å². The van der Waals surface area contributed by atoms with Gasteiger partial charge in [-0.1, -0.05) is 89.9 Å². The summed E-state index contributed by atoms with van der Waals surface area (Å²) in [6.07, 6.45) is 25.9. The molecule has 6 fully saturated rings. The molecule has 58 heavy (non-hydrogen) atoms. The van der Waals surface area contributed by atoms with Crippen molar-refractivity contribution in [3.8, 4) is 0 Å². The van der Waals surface area contributed by atoms with Gasteiger partial charge in [-0.15, -0.1) is 0 Å². The van der Waals surface area contributed by atoms with E-state index >= 15 is 9.59 Å². The van der Waals surface area contributed by atoms with Gasteiger partial charge in [0.25, 0.3) is 11.8 Å². The predicted octanol–water partition coefficient (Wildman–Crippen LogP) is 10.1. The normalized spacial score (nSPS) is 30.7. The second-order valence-electron chi connectivity index (χ2n) is 23.0. The largest absolute Gasteiger partial charge is 0.389 e. The maximum absolute atomic E-state index is 15.4. The summed E-state index contributed by atoms with van der Waals surface area (Å²) in [4.78, 5) is 39.8. The molecule has 0 atom stereocenters. The highest BCUT2D eigenvalue weighted by molar-refractivity contribution is 5.89. The Morgan fingerprint density at radius 3 is 0.914 bits per heavy atom. The van der Waals surface area contributed by atoms with Crippen LogP contribution in [0.15, 0.2) is 0 Å². The van der Waals surface area contributed by atoms with Crippen molar-refractivity contribution in [2.24, 2.45) is 0 Å². The zero-order valence-electron chi connectivity index (χ0n) is 39.2. The Morgan fingerprint density at radius 2 is 0.672 bits per heavy atom. The lowest BCUT2D eigenvalue weighted by Gasteiger charge is -2.56. The third kappa shape index (κ3) is 9.25. The number of amides is 2. The molecule has 4 spiro atoms. The van der Waals surface area contributed by atoms with E-state index in [4.69, 9.17) is 9.47 Å². The molecule has 1 N–H and O–H groups in total. The van der Waals surface area contributed by atoms with Crippen LogP contribution in [0.25, 0.3) is 0 Å². The van der Waals surface area contributed by atoms with Crippen molar-refractivity contribution in [1.82, 2.24) is 19.6 Å². The van der Waals surface area contributed by atoms with Gasteiger partial charge in [0.2, 0.25) is 0 Å². The van der Waals surface area contributed by atoms with E-state index in [1.807, 2.05) is 9.80 Å². The first-order valence-electron chi connectivity index (χ1n) is 24.4. The number of likely N-dealkylation sites (tertiary alicyclic amines) is 2. The Kier molecular flexibility index (Phi) is 13.9. The van der Waals surface area contributed by atoms with E-state index in [1.165, 1.54) is 64.2 Å². The molecule has 6 aliphatic rings. The van der Waals surface area contributed by atoms with Crippen LogP contribution in [-0.2, 0) is 19.1 Å². The van der Waals surface area contributed by atoms with Gasteiger partial charge in [-0.05, 0) is 121 Å². The minimum atomic E-state index is -0.951. The Labute approximate surface area is 355 Å². The highest BCUT2D eigenvalue weighted by atomic mass is 16.6. The van der Waals surface area contributed by atoms with Crippen LogP contribution < -0.4 is 0 Å². The molecule has 0 bridgehead atoms. The number of aliphatic hydroxyl groups excluding tert-OH is 1. The summed E-state index contributed by atoms with van der Waals surface area (Å²) in [6, 6.07) is 0. The van der Waals surface area contributed by atoms with Crippen LogP contribution in [-0.4, -0.2) is 115 Å². The molecule has 0 unspecified atom stereocenters. The van der Waals surface area contributed by atoms with E-state index in [-0.39, 0.29) is 47.1 Å². The van der Waals surface area contributed by atoms with Crippen molar-refractivity contribution in [2.75, 3.05) is 27.2 Å². The van der Waals surface area contributed by atoms with Gasteiger partial charge in [-0.2, -0.15) is 0 Å². The van der Waals surface area contributed by atoms with Crippen LogP contribution in [0.1, 0.15) is 222 Å². The number of carbonyl (C=O) groups is 2. The maximum Gasteiger partial charge on any atom is 0.257 e. The van der Waals surface area contributed by atoms with Crippen LogP contribution in [0.3, 0.4) is 0 Å². The van der Waals surface area contributed by atoms with Gasteiger partial charge in [-0.25, -0.2) is 0 Å². The lowest BCUT2D eigenvalue weighted by atomic mass is 9.71. The topological polar surface area (TPSA) is 85.8 Å². The van der Waals surface area contributed by atoms with E-state index in [1.54, 1.807) is 0 Å². The molecule has 0 aromatic rings. The minimum absolute atomic E-state index is 0.0490. The fraction of sp³-hybridized carbons (Fsp3) is 0.959. The van der Waals surface area contributed by atoms with E-state index in [0.717, 1.165) is 77.0 Å². The molecule has 0 aromatic carbocycles. The Bertz CT molecular complexity index is 1260. The van der Waals surface area contributed by atoms with Crippen molar-refractivity contribution in [3.63, 3.8) is 0 Å². The van der Waals surface area contributed by atoms with Crippen molar-refractivity contribution >= 4 is 11.8 Å². The molecule has 0 radical (unpaired) electrons. The summed E-state index contributed by atoms with van der Waals surface area (Å²) in [6.45, 7) is 18.3. The summed E-state index contributed by atoms with van der Waals surface area (Å²) in [5.41, 5.74) is -4.43. The highest BCUT2D eigenvalue weighted by Crippen LogP contribution is 2.55. The van der Waals surface area contributed by atoms with Gasteiger partial charge in [0, 0.05) is 47.8 Å². The minimum Gasteiger partial charge on any atom is -0.389 e. The molecule has 0 aromatic heterocycles. The number of nitrogens with zero attached hydrogens (tertiary/aromatic N) is 4. The number of piperidine rings is 2. The van der Waals surface area contributed by atoms with Crippen LogP contribution >= 0.6 is 0 Å². The Balaban J connectivity index is 1.35. The van der Waals surface area contributed by atoms with E-state index in [9.17, 15) is 5.11 Å². The van der Waals surface area contributed by atoms with Gasteiger partial charge in [-0.3, -0.25) is 19.4 Å². The first kappa shape index (κ1) is 46.2. The lowest BCUT2D eigenvalue weighted by Crippen LogP contribution is -2.66. The van der Waals surface area contributed by atoms with Crippen LogP contribution in [0, 0.1) is 0 Å². The molecule has 2 amide bonds. The number of rotatable bonds is 4. The number of hydrogen-bond donors (Lipinski definition) is 1. The van der Waals surface area contributed by atoms with E-state index in [2.05, 4.69) is 79.3 Å². The first-order chi connectivity index (χ1) is 27.2. The first-order valence-corrected chi connectivity index (χ1v) is 24.4. The maximum atomic E-state index is 15.4. The van der Waals surface area contributed by atoms with Crippen molar-refractivity contribution in [3.05, 3.63) is 0 Å². The number of aliphatic hydroxyl groups is 1. The predicted molar refractivity (Wildman–Crippen MR) is 234 cm³/mol. The fourth-order valence-electron chi connectivity index (χ4n) is 13.3. The molecule has 4 aliphatic heterocycles. The Hall–Kier alpha value is -1.26. The van der Waals surface area contributed by atoms with Crippen LogP contribution in [0.5, 0.6) is 0 Å². The molecular formula is C49H88N4O5. The molecule has 2 aliphatic carbocycles. The summed E-state index contributed by atoms with van der Waals surface area (Å²) in [7, 11) is 4.37. The molecular weight excluding hydrogens is 725 g/mol. The second-order valence-corrected chi connectivity index (χ2v) is 23.0. The summed E-state index contributed by atoms with van der Waals surface area (Å²) < 4.78 is 15.0. The monoisotopic (exact) mass is 813 g/mol. The van der Waals surface area contributed by atoms with Crippen LogP contribution in [0.2, 0.25) is 0 Å². The third-order valence-electron chi connectivity index (χ3n) is 16.6. The molecule has 9 nitrogen and oxygen atoms in total. The number of ether oxygens (including phenoxy) is 2. The smallest absolute Gasteiger partial charge is 0.257 e. The summed E-state index contributed by atoms with van der Waals surface area (Å²) in [5.74, 6) is 0.0980. The van der Waals surface area contributed by atoms with Crippen molar-refractivity contribution in [1.29, 1.82) is 0 Å². The fourth-order valence-corrected chi connectivity index (χ4v) is 13.3. The number of carbonyl (C=O) groups excluding carboxylic acids is 2. The van der Waals surface area contributed by atoms with Crippen molar-refractivity contribution < 1.29 is 24.2 Å². The average molecular weight is 813 g/mol. The quantitative estimate of drug-likeness (QED) is 0.303. The molecule has 2 saturated carbocycles. The summed E-state index contributed by atoms with van der Waals surface area (Å²) >= 11 is 0. The molecule has 4 heterocycles.